The molecule has 5 unspecified atom stereocenters. The normalized spacial score (nSPS) is 14.4. The van der Waals surface area contributed by atoms with Crippen LogP contribution in [0.2, 0.25) is 0 Å². The number of hydrogen-bond donors (Lipinski definition) is 8. The number of aromatic hydroxyl groups is 1. The quantitative estimate of drug-likeness (QED) is 0.0837. The molecule has 0 bridgehead atoms. The van der Waals surface area contributed by atoms with E-state index in [0.717, 1.165) is 32.9 Å². The lowest BCUT2D eigenvalue weighted by atomic mass is 9.97. The summed E-state index contributed by atoms with van der Waals surface area (Å²) in [6.07, 6.45) is 4.35. The van der Waals surface area contributed by atoms with Gasteiger partial charge < -0.3 is 41.9 Å². The van der Waals surface area contributed by atoms with Gasteiger partial charge in [-0.05, 0) is 53.3 Å². The number of aliphatic carboxylic acids is 1. The minimum atomic E-state index is -1.18. The number of H-pyrrole nitrogens is 2. The van der Waals surface area contributed by atoms with Crippen molar-refractivity contribution in [3.8, 4) is 5.75 Å². The molecule has 0 saturated heterocycles. The van der Waals surface area contributed by atoms with Gasteiger partial charge >= 0.3 is 5.97 Å². The largest absolute Gasteiger partial charge is 0.508 e. The number of aromatic nitrogens is 2. The second-order valence-electron chi connectivity index (χ2n) is 12.4. The van der Waals surface area contributed by atoms with Crippen LogP contribution in [0, 0.1) is 5.92 Å². The number of phenolic OH excluding ortho intramolecular Hbond substituents is 1. The van der Waals surface area contributed by atoms with Crippen LogP contribution in [-0.2, 0) is 38.4 Å². The summed E-state index contributed by atoms with van der Waals surface area (Å²) in [5, 5.41) is 29.7. The Kier molecular flexibility index (Phi) is 11.0. The Hall–Kier alpha value is -5.62. The third-order valence-corrected chi connectivity index (χ3v) is 8.97. The van der Waals surface area contributed by atoms with Crippen LogP contribution in [0.5, 0.6) is 5.75 Å². The highest BCUT2D eigenvalue weighted by atomic mass is 16.4. The van der Waals surface area contributed by atoms with E-state index in [9.17, 15) is 29.4 Å². The Morgan fingerprint density at radius 1 is 0.714 bits per heavy atom. The van der Waals surface area contributed by atoms with Crippen molar-refractivity contribution in [3.05, 3.63) is 102 Å². The van der Waals surface area contributed by atoms with Gasteiger partial charge in [0.1, 0.15) is 23.9 Å². The SMILES string of the molecule is CCC(C)C(NC(=O)C(Cc1c[nH]c2ccccc12)NC(=O)C(Cc1ccc(O)cc1)NC(=O)C(N)Cc1c[nH]c2ccccc12)C(=O)O. The monoisotopic (exact) mass is 666 g/mol. The maximum Gasteiger partial charge on any atom is 0.326 e. The molecule has 3 aromatic carbocycles. The number of para-hydroxylation sites is 2. The summed E-state index contributed by atoms with van der Waals surface area (Å²) in [7, 11) is 0. The van der Waals surface area contributed by atoms with E-state index in [1.54, 1.807) is 31.5 Å². The molecule has 5 aromatic rings. The van der Waals surface area contributed by atoms with E-state index in [-0.39, 0.29) is 30.9 Å². The van der Waals surface area contributed by atoms with E-state index < -0.39 is 47.9 Å². The van der Waals surface area contributed by atoms with Gasteiger partial charge in [-0.1, -0.05) is 68.8 Å². The maximum atomic E-state index is 14.1. The van der Waals surface area contributed by atoms with Gasteiger partial charge in [-0.3, -0.25) is 14.4 Å². The molecular weight excluding hydrogens is 624 g/mol. The minimum Gasteiger partial charge on any atom is -0.508 e. The molecule has 5 rings (SSSR count). The van der Waals surface area contributed by atoms with E-state index in [2.05, 4.69) is 25.9 Å². The first kappa shape index (κ1) is 34.7. The molecule has 49 heavy (non-hydrogen) atoms. The Morgan fingerprint density at radius 3 is 1.80 bits per heavy atom. The van der Waals surface area contributed by atoms with Crippen LogP contribution in [0.3, 0.4) is 0 Å². The van der Waals surface area contributed by atoms with Crippen LogP contribution < -0.4 is 21.7 Å². The molecule has 2 aromatic heterocycles. The molecule has 0 aliphatic carbocycles. The molecule has 256 valence electrons. The minimum absolute atomic E-state index is 0.0315. The van der Waals surface area contributed by atoms with Gasteiger partial charge in [-0.2, -0.15) is 0 Å². The van der Waals surface area contributed by atoms with Crippen molar-refractivity contribution in [1.29, 1.82) is 0 Å². The van der Waals surface area contributed by atoms with Crippen molar-refractivity contribution in [2.75, 3.05) is 0 Å². The molecule has 2 heterocycles. The summed E-state index contributed by atoms with van der Waals surface area (Å²) in [5.74, 6) is -3.40. The van der Waals surface area contributed by atoms with E-state index >= 15 is 0 Å². The fraction of sp³-hybridized carbons (Fsp3) is 0.297. The van der Waals surface area contributed by atoms with E-state index in [1.165, 1.54) is 12.1 Å². The summed E-state index contributed by atoms with van der Waals surface area (Å²) in [6.45, 7) is 3.56. The number of amides is 3. The fourth-order valence-corrected chi connectivity index (χ4v) is 5.92. The number of benzene rings is 3. The summed E-state index contributed by atoms with van der Waals surface area (Å²) < 4.78 is 0. The van der Waals surface area contributed by atoms with Crippen molar-refractivity contribution >= 4 is 45.5 Å². The number of phenols is 1. The summed E-state index contributed by atoms with van der Waals surface area (Å²) in [4.78, 5) is 59.8. The number of hydrogen-bond acceptors (Lipinski definition) is 6. The molecule has 12 nitrogen and oxygen atoms in total. The number of carbonyl (C=O) groups is 4. The zero-order chi connectivity index (χ0) is 35.1. The summed E-state index contributed by atoms with van der Waals surface area (Å²) in [5.41, 5.74) is 10.3. The lowest BCUT2D eigenvalue weighted by molar-refractivity contribution is -0.143. The smallest absolute Gasteiger partial charge is 0.326 e. The number of rotatable bonds is 15. The lowest BCUT2D eigenvalue weighted by Crippen LogP contribution is -2.58. The highest BCUT2D eigenvalue weighted by Crippen LogP contribution is 2.21. The number of carboxylic acids is 1. The average Bonchev–Trinajstić information content (AvgIpc) is 3.70. The number of carbonyl (C=O) groups excluding carboxylic acids is 3. The van der Waals surface area contributed by atoms with E-state index in [4.69, 9.17) is 5.73 Å². The molecule has 0 aliphatic rings. The van der Waals surface area contributed by atoms with Gasteiger partial charge in [0.15, 0.2) is 0 Å². The second kappa shape index (κ2) is 15.5. The third-order valence-electron chi connectivity index (χ3n) is 8.97. The fourth-order valence-electron chi connectivity index (χ4n) is 5.92. The maximum absolute atomic E-state index is 14.1. The standard InChI is InChI=1S/C37H42N6O6/c1-3-21(2)33(37(48)49)43-36(47)32(18-24-20-40-30-11-7-5-9-27(24)30)42-35(46)31(16-22-12-14-25(44)15-13-22)41-34(45)28(38)17-23-19-39-29-10-6-4-8-26(23)29/h4-15,19-21,28,31-33,39-40,44H,3,16-18,38H2,1-2H3,(H,41,45)(H,42,46)(H,43,47)(H,48,49). The van der Waals surface area contributed by atoms with Crippen LogP contribution >= 0.6 is 0 Å². The first-order valence-corrected chi connectivity index (χ1v) is 16.3. The van der Waals surface area contributed by atoms with E-state index in [0.29, 0.717) is 12.0 Å². The van der Waals surface area contributed by atoms with Crippen molar-refractivity contribution in [2.24, 2.45) is 11.7 Å². The van der Waals surface area contributed by atoms with Crippen LogP contribution in [-0.4, -0.2) is 68.0 Å². The molecule has 0 saturated carbocycles. The molecule has 0 aliphatic heterocycles. The van der Waals surface area contributed by atoms with Crippen molar-refractivity contribution in [3.63, 3.8) is 0 Å². The summed E-state index contributed by atoms with van der Waals surface area (Å²) in [6, 6.07) is 16.9. The molecule has 0 radical (unpaired) electrons. The lowest BCUT2D eigenvalue weighted by Gasteiger charge is -2.26. The Bertz CT molecular complexity index is 1930. The highest BCUT2D eigenvalue weighted by molar-refractivity contribution is 5.95. The van der Waals surface area contributed by atoms with Crippen LogP contribution in [0.1, 0.15) is 37.0 Å². The number of nitrogens with one attached hydrogen (secondary N) is 5. The molecule has 3 amide bonds. The molecule has 5 atom stereocenters. The van der Waals surface area contributed by atoms with Crippen molar-refractivity contribution < 1.29 is 29.4 Å². The predicted molar refractivity (Wildman–Crippen MR) is 187 cm³/mol. The second-order valence-corrected chi connectivity index (χ2v) is 12.4. The highest BCUT2D eigenvalue weighted by Gasteiger charge is 2.33. The zero-order valence-electron chi connectivity index (χ0n) is 27.4. The Labute approximate surface area is 283 Å². The van der Waals surface area contributed by atoms with Gasteiger partial charge in [0.05, 0.1) is 6.04 Å². The number of carboxylic acid groups (broad SMARTS) is 1. The molecule has 0 fully saturated rings. The van der Waals surface area contributed by atoms with Crippen molar-refractivity contribution in [2.45, 2.75) is 63.7 Å². The third kappa shape index (κ3) is 8.46. The van der Waals surface area contributed by atoms with Gasteiger partial charge in [-0.15, -0.1) is 0 Å². The Balaban J connectivity index is 1.40. The van der Waals surface area contributed by atoms with Gasteiger partial charge in [0.25, 0.3) is 0 Å². The number of fused-ring (bicyclic) bond motifs is 2. The van der Waals surface area contributed by atoms with Gasteiger partial charge in [0, 0.05) is 47.0 Å². The molecule has 12 heteroatoms. The number of nitrogens with two attached hydrogens (primary N) is 1. The molecular formula is C37H42N6O6. The molecule has 0 spiro atoms. The van der Waals surface area contributed by atoms with Crippen LogP contribution in [0.15, 0.2) is 85.2 Å². The molecule has 9 N–H and O–H groups in total. The zero-order valence-corrected chi connectivity index (χ0v) is 27.4. The van der Waals surface area contributed by atoms with E-state index in [1.807, 2.05) is 55.5 Å². The summed E-state index contributed by atoms with van der Waals surface area (Å²) >= 11 is 0. The predicted octanol–water partition coefficient (Wildman–Crippen LogP) is 3.30. The first-order valence-electron chi connectivity index (χ1n) is 16.3. The topological polar surface area (TPSA) is 202 Å². The average molecular weight is 667 g/mol. The van der Waals surface area contributed by atoms with Crippen LogP contribution in [0.25, 0.3) is 21.8 Å². The van der Waals surface area contributed by atoms with Gasteiger partial charge in [0.2, 0.25) is 17.7 Å². The first-order chi connectivity index (χ1) is 23.5. The van der Waals surface area contributed by atoms with Crippen LogP contribution in [0.4, 0.5) is 0 Å². The van der Waals surface area contributed by atoms with Crippen molar-refractivity contribution in [1.82, 2.24) is 25.9 Å². The number of aromatic amines is 2. The van der Waals surface area contributed by atoms with Gasteiger partial charge in [-0.25, -0.2) is 4.79 Å². The Morgan fingerprint density at radius 2 is 1.22 bits per heavy atom.